The van der Waals surface area contributed by atoms with Gasteiger partial charge in [-0.05, 0) is 25.0 Å². The number of hydrogen-bond acceptors (Lipinski definition) is 4. The van der Waals surface area contributed by atoms with Crippen LogP contribution in [0, 0.1) is 17.2 Å². The molecule has 0 spiro atoms. The molecule has 1 atom stereocenters. The van der Waals surface area contributed by atoms with E-state index < -0.39 is 10.0 Å². The zero-order valence-corrected chi connectivity index (χ0v) is 16.3. The van der Waals surface area contributed by atoms with Crippen LogP contribution in [-0.2, 0) is 14.8 Å². The van der Waals surface area contributed by atoms with Crippen molar-refractivity contribution in [2.24, 2.45) is 5.92 Å². The maximum Gasteiger partial charge on any atom is 0.275 e. The zero-order chi connectivity index (χ0) is 19.3. The largest absolute Gasteiger partial charge is 0.348 e. The number of nitrogens with one attached hydrogen (secondary N) is 2. The maximum absolute atomic E-state index is 12.8. The fourth-order valence-electron chi connectivity index (χ4n) is 2.84. The van der Waals surface area contributed by atoms with E-state index >= 15 is 0 Å². The number of carbonyl (C=O) groups excluding carboxylic acids is 1. The monoisotopic (exact) mass is 379 g/mol. The van der Waals surface area contributed by atoms with Gasteiger partial charge in [-0.25, -0.2) is 8.42 Å². The SMILES string of the molecule is CC(C)[C@@H](C)NC(=O)C[NH+]1CCN(S(=O)(=O)c2ccccc2C#N)CC1. The van der Waals surface area contributed by atoms with E-state index in [0.29, 0.717) is 38.6 Å². The molecule has 0 aromatic heterocycles. The Kier molecular flexibility index (Phi) is 6.75. The lowest BCUT2D eigenvalue weighted by Crippen LogP contribution is -3.15. The van der Waals surface area contributed by atoms with E-state index in [9.17, 15) is 13.2 Å². The van der Waals surface area contributed by atoms with Crippen LogP contribution in [0.1, 0.15) is 26.3 Å². The van der Waals surface area contributed by atoms with Crippen LogP contribution in [0.3, 0.4) is 0 Å². The maximum atomic E-state index is 12.8. The van der Waals surface area contributed by atoms with Crippen molar-refractivity contribution in [3.63, 3.8) is 0 Å². The summed E-state index contributed by atoms with van der Waals surface area (Å²) in [6.45, 7) is 8.25. The van der Waals surface area contributed by atoms with Crippen LogP contribution >= 0.6 is 0 Å². The number of hydrogen-bond donors (Lipinski definition) is 2. The molecule has 1 fully saturated rings. The molecule has 26 heavy (non-hydrogen) atoms. The van der Waals surface area contributed by atoms with Gasteiger partial charge >= 0.3 is 0 Å². The van der Waals surface area contributed by atoms with Crippen LogP contribution in [0.4, 0.5) is 0 Å². The number of nitriles is 1. The van der Waals surface area contributed by atoms with Crippen molar-refractivity contribution in [3.05, 3.63) is 29.8 Å². The first-order valence-corrected chi connectivity index (χ1v) is 10.3. The van der Waals surface area contributed by atoms with Crippen molar-refractivity contribution in [3.8, 4) is 6.07 Å². The second kappa shape index (κ2) is 8.62. The molecular weight excluding hydrogens is 352 g/mol. The normalized spacial score (nSPS) is 17.7. The molecule has 142 valence electrons. The van der Waals surface area contributed by atoms with E-state index in [0.717, 1.165) is 4.90 Å². The van der Waals surface area contributed by atoms with Crippen LogP contribution in [0.2, 0.25) is 0 Å². The fourth-order valence-corrected chi connectivity index (χ4v) is 4.42. The summed E-state index contributed by atoms with van der Waals surface area (Å²) in [7, 11) is -3.69. The first-order chi connectivity index (χ1) is 12.3. The van der Waals surface area contributed by atoms with Gasteiger partial charge in [-0.3, -0.25) is 4.79 Å². The van der Waals surface area contributed by atoms with Gasteiger partial charge in [0, 0.05) is 6.04 Å². The summed E-state index contributed by atoms with van der Waals surface area (Å²) in [5.41, 5.74) is 0.157. The number of piperazine rings is 1. The molecule has 8 heteroatoms. The quantitative estimate of drug-likeness (QED) is 0.704. The first-order valence-electron chi connectivity index (χ1n) is 8.88. The van der Waals surface area contributed by atoms with Crippen molar-refractivity contribution < 1.29 is 18.1 Å². The van der Waals surface area contributed by atoms with Crippen molar-refractivity contribution >= 4 is 15.9 Å². The predicted molar refractivity (Wildman–Crippen MR) is 97.9 cm³/mol. The van der Waals surface area contributed by atoms with Crippen molar-refractivity contribution in [1.82, 2.24) is 9.62 Å². The average molecular weight is 380 g/mol. The predicted octanol–water partition coefficient (Wildman–Crippen LogP) is -0.392. The molecule has 1 heterocycles. The van der Waals surface area contributed by atoms with Gasteiger partial charge in [-0.2, -0.15) is 9.57 Å². The summed E-state index contributed by atoms with van der Waals surface area (Å²) in [6.07, 6.45) is 0. The summed E-state index contributed by atoms with van der Waals surface area (Å²) >= 11 is 0. The van der Waals surface area contributed by atoms with E-state index in [4.69, 9.17) is 5.26 Å². The summed E-state index contributed by atoms with van der Waals surface area (Å²) in [5.74, 6) is 0.364. The molecule has 7 nitrogen and oxygen atoms in total. The molecule has 1 aliphatic rings. The summed E-state index contributed by atoms with van der Waals surface area (Å²) in [4.78, 5) is 13.2. The van der Waals surface area contributed by atoms with Gasteiger partial charge < -0.3 is 10.2 Å². The van der Waals surface area contributed by atoms with E-state index in [-0.39, 0.29) is 22.4 Å². The number of rotatable bonds is 6. The fraction of sp³-hybridized carbons (Fsp3) is 0.556. The Balaban J connectivity index is 1.96. The van der Waals surface area contributed by atoms with E-state index in [1.807, 2.05) is 13.0 Å². The summed E-state index contributed by atoms with van der Waals surface area (Å²) < 4.78 is 27.0. The third-order valence-corrected chi connectivity index (χ3v) is 6.81. The molecule has 1 aliphatic heterocycles. The summed E-state index contributed by atoms with van der Waals surface area (Å²) in [6, 6.07) is 8.30. The Bertz CT molecular complexity index is 778. The molecule has 2 N–H and O–H groups in total. The molecule has 0 aliphatic carbocycles. The van der Waals surface area contributed by atoms with Gasteiger partial charge in [-0.15, -0.1) is 0 Å². The lowest BCUT2D eigenvalue weighted by Gasteiger charge is -2.31. The number of benzene rings is 1. The topological polar surface area (TPSA) is 94.7 Å². The van der Waals surface area contributed by atoms with E-state index in [2.05, 4.69) is 19.2 Å². The Morgan fingerprint density at radius 2 is 1.88 bits per heavy atom. The molecule has 0 radical (unpaired) electrons. The zero-order valence-electron chi connectivity index (χ0n) is 15.5. The highest BCUT2D eigenvalue weighted by Gasteiger charge is 2.32. The van der Waals surface area contributed by atoms with Crippen LogP contribution in [0.15, 0.2) is 29.2 Å². The van der Waals surface area contributed by atoms with Gasteiger partial charge in [0.25, 0.3) is 5.91 Å². The molecule has 1 aromatic rings. The number of amides is 1. The highest BCUT2D eigenvalue weighted by atomic mass is 32.2. The number of quaternary nitrogens is 1. The van der Waals surface area contributed by atoms with Crippen LogP contribution in [-0.4, -0.2) is 57.4 Å². The van der Waals surface area contributed by atoms with Crippen LogP contribution in [0.25, 0.3) is 0 Å². The Morgan fingerprint density at radius 3 is 2.46 bits per heavy atom. The van der Waals surface area contributed by atoms with Gasteiger partial charge in [0.15, 0.2) is 6.54 Å². The molecule has 0 saturated carbocycles. The highest BCUT2D eigenvalue weighted by molar-refractivity contribution is 7.89. The average Bonchev–Trinajstić information content (AvgIpc) is 2.61. The minimum absolute atomic E-state index is 0.00710. The Morgan fingerprint density at radius 1 is 1.27 bits per heavy atom. The van der Waals surface area contributed by atoms with Crippen LogP contribution < -0.4 is 10.2 Å². The van der Waals surface area contributed by atoms with Gasteiger partial charge in [-0.1, -0.05) is 26.0 Å². The van der Waals surface area contributed by atoms with Crippen molar-refractivity contribution in [2.75, 3.05) is 32.7 Å². The van der Waals surface area contributed by atoms with Gasteiger partial charge in [0.05, 0.1) is 36.6 Å². The van der Waals surface area contributed by atoms with Crippen molar-refractivity contribution in [1.29, 1.82) is 5.26 Å². The highest BCUT2D eigenvalue weighted by Crippen LogP contribution is 2.19. The standard InChI is InChI=1S/C18H26N4O3S/c1-14(2)15(3)20-18(23)13-21-8-10-22(11-9-21)26(24,25)17-7-5-4-6-16(17)12-19/h4-7,14-15H,8-11,13H2,1-3H3,(H,20,23)/p+1/t15-/m1/s1. The number of nitrogens with zero attached hydrogens (tertiary/aromatic N) is 2. The lowest BCUT2D eigenvalue weighted by molar-refractivity contribution is -0.895. The third-order valence-electron chi connectivity index (χ3n) is 4.85. The second-order valence-electron chi connectivity index (χ2n) is 7.04. The van der Waals surface area contributed by atoms with E-state index in [1.54, 1.807) is 12.1 Å². The molecule has 0 bridgehead atoms. The van der Waals surface area contributed by atoms with Gasteiger partial charge in [0.2, 0.25) is 10.0 Å². The second-order valence-corrected chi connectivity index (χ2v) is 8.95. The first kappa shape index (κ1) is 20.4. The summed E-state index contributed by atoms with van der Waals surface area (Å²) in [5, 5.41) is 12.1. The van der Waals surface area contributed by atoms with Gasteiger partial charge in [0.1, 0.15) is 6.07 Å². The molecule has 2 rings (SSSR count). The minimum Gasteiger partial charge on any atom is -0.348 e. The third kappa shape index (κ3) is 4.81. The molecule has 1 saturated heterocycles. The molecule has 1 amide bonds. The Labute approximate surface area is 155 Å². The number of carbonyl (C=O) groups is 1. The lowest BCUT2D eigenvalue weighted by atomic mass is 10.1. The smallest absolute Gasteiger partial charge is 0.275 e. The number of sulfonamides is 1. The van der Waals surface area contributed by atoms with Crippen molar-refractivity contribution in [2.45, 2.75) is 31.7 Å². The van der Waals surface area contributed by atoms with E-state index in [1.165, 1.54) is 16.4 Å². The molecule has 0 unspecified atom stereocenters. The molecule has 1 aromatic carbocycles. The van der Waals surface area contributed by atoms with Crippen LogP contribution in [0.5, 0.6) is 0 Å². The molecular formula is C18H27N4O3S+. The Hall–Kier alpha value is -1.95. The minimum atomic E-state index is -3.69.